The van der Waals surface area contributed by atoms with Crippen molar-refractivity contribution < 1.29 is 4.79 Å². The molecule has 2 aliphatic rings. The highest BCUT2D eigenvalue weighted by Gasteiger charge is 2.57. The first kappa shape index (κ1) is 25.0. The van der Waals surface area contributed by atoms with Crippen molar-refractivity contribution in [2.45, 2.75) is 129 Å². The van der Waals surface area contributed by atoms with Gasteiger partial charge in [-0.3, -0.25) is 4.79 Å². The Labute approximate surface area is 186 Å². The van der Waals surface area contributed by atoms with Crippen LogP contribution in [0.3, 0.4) is 0 Å². The predicted molar refractivity (Wildman–Crippen MR) is 131 cm³/mol. The predicted octanol–water partition coefficient (Wildman–Crippen LogP) is 8.76. The lowest BCUT2D eigenvalue weighted by molar-refractivity contribution is -0.128. The van der Waals surface area contributed by atoms with Gasteiger partial charge in [0.1, 0.15) is 5.78 Å². The summed E-state index contributed by atoms with van der Waals surface area (Å²) in [5.41, 5.74) is 1.63. The highest BCUT2D eigenvalue weighted by molar-refractivity contribution is 8.00. The first-order valence-electron chi connectivity index (χ1n) is 12.7. The lowest BCUT2D eigenvalue weighted by atomic mass is 9.52. The summed E-state index contributed by atoms with van der Waals surface area (Å²) in [5, 5.41) is 0. The number of thioether (sulfide) groups is 1. The van der Waals surface area contributed by atoms with E-state index < -0.39 is 0 Å². The molecule has 0 N–H and O–H groups in total. The van der Waals surface area contributed by atoms with Gasteiger partial charge in [-0.2, -0.15) is 11.8 Å². The first-order valence-corrected chi connectivity index (χ1v) is 13.6. The van der Waals surface area contributed by atoms with Crippen molar-refractivity contribution in [2.24, 2.45) is 17.3 Å². The van der Waals surface area contributed by atoms with Crippen molar-refractivity contribution in [1.29, 1.82) is 0 Å². The zero-order valence-corrected chi connectivity index (χ0v) is 20.8. The fourth-order valence-electron chi connectivity index (χ4n) is 5.96. The van der Waals surface area contributed by atoms with Gasteiger partial charge in [0.2, 0.25) is 0 Å². The third-order valence-electron chi connectivity index (χ3n) is 8.29. The van der Waals surface area contributed by atoms with E-state index in [2.05, 4.69) is 46.0 Å². The van der Waals surface area contributed by atoms with E-state index in [-0.39, 0.29) is 10.2 Å². The Balaban J connectivity index is 1.77. The molecular formula is C27H48OS. The van der Waals surface area contributed by atoms with Crippen LogP contribution < -0.4 is 0 Å². The lowest BCUT2D eigenvalue weighted by Gasteiger charge is -2.59. The van der Waals surface area contributed by atoms with Gasteiger partial charge in [0.05, 0.1) is 0 Å². The molecule has 0 spiro atoms. The van der Waals surface area contributed by atoms with Crippen molar-refractivity contribution in [3.05, 3.63) is 12.2 Å². The maximum atomic E-state index is 12.6. The number of Topliss-reactive ketones (excluding diaryl/α,β-unsaturated/α-hetero) is 1. The van der Waals surface area contributed by atoms with Crippen molar-refractivity contribution in [2.75, 3.05) is 5.75 Å². The molecule has 0 radical (unpaired) electrons. The number of carbonyl (C=O) groups excluding carboxylic acids is 1. The average molecular weight is 421 g/mol. The van der Waals surface area contributed by atoms with Crippen LogP contribution in [0.15, 0.2) is 12.2 Å². The Morgan fingerprint density at radius 2 is 1.66 bits per heavy atom. The Kier molecular flexibility index (Phi) is 10.3. The fraction of sp³-hybridized carbons (Fsp3) is 0.889. The highest BCUT2D eigenvalue weighted by Crippen LogP contribution is 2.62. The van der Waals surface area contributed by atoms with Gasteiger partial charge < -0.3 is 0 Å². The summed E-state index contributed by atoms with van der Waals surface area (Å²) >= 11 is 2.18. The van der Waals surface area contributed by atoms with E-state index in [1.807, 2.05) is 0 Å². The van der Waals surface area contributed by atoms with E-state index in [9.17, 15) is 4.79 Å². The molecule has 2 rings (SSSR count). The standard InChI is InChI=1S/C27H48OS/c1-6-7-8-9-10-11-12-13-14-15-18-29-27-17-16-24(22(2)3)20-26(27,5)23(4)19-25(28)21-27/h23-24H,2,6-21H2,1,3-5H3. The van der Waals surface area contributed by atoms with Crippen LogP contribution in [0, 0.1) is 17.3 Å². The molecule has 0 saturated heterocycles. The summed E-state index contributed by atoms with van der Waals surface area (Å²) in [6.07, 6.45) is 19.3. The highest BCUT2D eigenvalue weighted by atomic mass is 32.2. The maximum Gasteiger partial charge on any atom is 0.134 e. The van der Waals surface area contributed by atoms with Crippen molar-refractivity contribution >= 4 is 17.5 Å². The van der Waals surface area contributed by atoms with E-state index in [0.29, 0.717) is 17.6 Å². The molecule has 2 saturated carbocycles. The van der Waals surface area contributed by atoms with Crippen molar-refractivity contribution in [1.82, 2.24) is 0 Å². The minimum atomic E-state index is 0.187. The van der Waals surface area contributed by atoms with Crippen LogP contribution in [0.4, 0.5) is 0 Å². The van der Waals surface area contributed by atoms with Crippen LogP contribution in [0.1, 0.15) is 124 Å². The second-order valence-corrected chi connectivity index (χ2v) is 12.0. The fourth-order valence-corrected chi connectivity index (χ4v) is 7.84. The van der Waals surface area contributed by atoms with Crippen LogP contribution >= 0.6 is 11.8 Å². The Morgan fingerprint density at radius 3 is 2.24 bits per heavy atom. The number of hydrogen-bond acceptors (Lipinski definition) is 2. The third kappa shape index (κ3) is 6.62. The Bertz CT molecular complexity index is 527. The van der Waals surface area contributed by atoms with Gasteiger partial charge in [0, 0.05) is 17.6 Å². The van der Waals surface area contributed by atoms with Crippen LogP contribution in [0.25, 0.3) is 0 Å². The van der Waals surface area contributed by atoms with Gasteiger partial charge in [0.25, 0.3) is 0 Å². The topological polar surface area (TPSA) is 17.1 Å². The number of allylic oxidation sites excluding steroid dienone is 1. The zero-order valence-electron chi connectivity index (χ0n) is 20.0. The lowest BCUT2D eigenvalue weighted by Crippen LogP contribution is -2.56. The summed E-state index contributed by atoms with van der Waals surface area (Å²) in [7, 11) is 0. The molecule has 2 fully saturated rings. The Morgan fingerprint density at radius 1 is 1.07 bits per heavy atom. The van der Waals surface area contributed by atoms with Crippen LogP contribution in [0.2, 0.25) is 0 Å². The van der Waals surface area contributed by atoms with Crippen LogP contribution in [-0.2, 0) is 4.79 Å². The van der Waals surface area contributed by atoms with Crippen LogP contribution in [0.5, 0.6) is 0 Å². The second kappa shape index (κ2) is 12.0. The second-order valence-electron chi connectivity index (χ2n) is 10.5. The molecule has 0 amide bonds. The molecule has 0 aliphatic heterocycles. The molecule has 0 aromatic carbocycles. The van der Waals surface area contributed by atoms with E-state index >= 15 is 0 Å². The van der Waals surface area contributed by atoms with E-state index in [4.69, 9.17) is 0 Å². The minimum absolute atomic E-state index is 0.187. The van der Waals surface area contributed by atoms with Gasteiger partial charge in [-0.25, -0.2) is 0 Å². The van der Waals surface area contributed by atoms with Crippen molar-refractivity contribution in [3.8, 4) is 0 Å². The molecular weight excluding hydrogens is 372 g/mol. The molecule has 29 heavy (non-hydrogen) atoms. The van der Waals surface area contributed by atoms with Crippen molar-refractivity contribution in [3.63, 3.8) is 0 Å². The van der Waals surface area contributed by atoms with E-state index in [0.717, 1.165) is 12.8 Å². The van der Waals surface area contributed by atoms with E-state index in [1.54, 1.807) is 0 Å². The number of ketones is 1. The molecule has 2 aliphatic carbocycles. The van der Waals surface area contributed by atoms with Gasteiger partial charge in [0.15, 0.2) is 0 Å². The molecule has 168 valence electrons. The van der Waals surface area contributed by atoms with Gasteiger partial charge in [-0.1, -0.05) is 90.7 Å². The molecule has 0 heterocycles. The summed E-state index contributed by atoms with van der Waals surface area (Å²) in [6.45, 7) is 13.6. The molecule has 4 atom stereocenters. The normalized spacial score (nSPS) is 32.2. The molecule has 0 bridgehead atoms. The molecule has 2 heteroatoms. The monoisotopic (exact) mass is 420 g/mol. The number of fused-ring (bicyclic) bond motifs is 1. The first-order chi connectivity index (χ1) is 13.8. The van der Waals surface area contributed by atoms with Gasteiger partial charge in [-0.05, 0) is 55.6 Å². The SMILES string of the molecule is C=C(C)C1CCC2(SCCCCCCCCCCCC)CC(=O)CC(C)C2(C)C1. The van der Waals surface area contributed by atoms with E-state index in [1.165, 1.54) is 94.8 Å². The summed E-state index contributed by atoms with van der Waals surface area (Å²) in [5.74, 6) is 2.91. The summed E-state index contributed by atoms with van der Waals surface area (Å²) in [4.78, 5) is 12.6. The molecule has 0 aromatic heterocycles. The Hall–Kier alpha value is -0.240. The maximum absolute atomic E-state index is 12.6. The number of rotatable bonds is 13. The summed E-state index contributed by atoms with van der Waals surface area (Å²) < 4.78 is 0.187. The van der Waals surface area contributed by atoms with Gasteiger partial charge >= 0.3 is 0 Å². The quantitative estimate of drug-likeness (QED) is 0.219. The largest absolute Gasteiger partial charge is 0.300 e. The number of carbonyl (C=O) groups is 1. The van der Waals surface area contributed by atoms with Gasteiger partial charge in [-0.15, -0.1) is 0 Å². The average Bonchev–Trinajstić information content (AvgIpc) is 2.67. The minimum Gasteiger partial charge on any atom is -0.300 e. The smallest absolute Gasteiger partial charge is 0.134 e. The summed E-state index contributed by atoms with van der Waals surface area (Å²) in [6, 6.07) is 0. The number of unbranched alkanes of at least 4 members (excludes halogenated alkanes) is 9. The molecule has 1 nitrogen and oxygen atoms in total. The molecule has 0 aromatic rings. The molecule has 4 unspecified atom stereocenters. The van der Waals surface area contributed by atoms with Crippen LogP contribution in [-0.4, -0.2) is 16.3 Å². The number of hydrogen-bond donors (Lipinski definition) is 0. The zero-order chi connectivity index (χ0) is 21.3. The third-order valence-corrected chi connectivity index (χ3v) is 10.1.